The Morgan fingerprint density at radius 2 is 2.03 bits per heavy atom. The molecular weight excluding hydrogens is 478 g/mol. The van der Waals surface area contributed by atoms with Crippen LogP contribution < -0.4 is 5.32 Å². The van der Waals surface area contributed by atoms with Crippen LogP contribution in [0.2, 0.25) is 5.02 Å². The van der Waals surface area contributed by atoms with Gasteiger partial charge in [0.25, 0.3) is 0 Å². The molecule has 0 bridgehead atoms. The second kappa shape index (κ2) is 9.84. The highest BCUT2D eigenvalue weighted by molar-refractivity contribution is 6.30. The first kappa shape index (κ1) is 24.4. The predicted molar refractivity (Wildman–Crippen MR) is 125 cm³/mol. The van der Waals surface area contributed by atoms with Crippen LogP contribution in [0.15, 0.2) is 42.6 Å². The van der Waals surface area contributed by atoms with Crippen molar-refractivity contribution in [3.8, 4) is 6.07 Å². The average Bonchev–Trinajstić information content (AvgIpc) is 3.40. The van der Waals surface area contributed by atoms with Gasteiger partial charge in [-0.15, -0.1) is 0 Å². The van der Waals surface area contributed by atoms with Crippen molar-refractivity contribution in [2.45, 2.75) is 38.6 Å². The summed E-state index contributed by atoms with van der Waals surface area (Å²) >= 11 is 5.77. The second-order valence-electron chi connectivity index (χ2n) is 8.40. The Kier molecular flexibility index (Phi) is 6.85. The normalized spacial score (nSPS) is 17.4. The van der Waals surface area contributed by atoms with Crippen LogP contribution in [0.3, 0.4) is 0 Å². The van der Waals surface area contributed by atoms with Gasteiger partial charge >= 0.3 is 0 Å². The molecule has 0 unspecified atom stereocenters. The summed E-state index contributed by atoms with van der Waals surface area (Å²) in [5, 5.41) is 12.2. The number of benzene rings is 2. The van der Waals surface area contributed by atoms with E-state index in [1.807, 2.05) is 6.07 Å². The number of rotatable bonds is 6. The maximum absolute atomic E-state index is 14.3. The van der Waals surface area contributed by atoms with E-state index < -0.39 is 29.8 Å². The quantitative estimate of drug-likeness (QED) is 0.523. The van der Waals surface area contributed by atoms with Gasteiger partial charge in [0.1, 0.15) is 24.6 Å². The molecule has 10 heteroatoms. The third-order valence-corrected chi connectivity index (χ3v) is 6.34. The van der Waals surface area contributed by atoms with Gasteiger partial charge in [-0.1, -0.05) is 23.7 Å². The van der Waals surface area contributed by atoms with Crippen LogP contribution in [0, 0.1) is 17.1 Å². The van der Waals surface area contributed by atoms with Crippen LogP contribution in [0.1, 0.15) is 34.8 Å². The third-order valence-electron chi connectivity index (χ3n) is 6.05. The van der Waals surface area contributed by atoms with Gasteiger partial charge in [0.2, 0.25) is 11.8 Å². The minimum Gasteiger partial charge on any atom is -0.350 e. The van der Waals surface area contributed by atoms with E-state index in [1.165, 1.54) is 25.3 Å². The molecule has 1 aliphatic heterocycles. The molecule has 1 saturated heterocycles. The summed E-state index contributed by atoms with van der Waals surface area (Å²) in [6, 6.07) is 10.2. The Morgan fingerprint density at radius 3 is 2.74 bits per heavy atom. The third kappa shape index (κ3) is 4.88. The Morgan fingerprint density at radius 1 is 1.26 bits per heavy atom. The number of carbonyl (C=O) groups excluding carboxylic acids is 3. The minimum atomic E-state index is -1.38. The highest BCUT2D eigenvalue weighted by Crippen LogP contribution is 2.26. The van der Waals surface area contributed by atoms with Crippen molar-refractivity contribution in [2.75, 3.05) is 6.54 Å². The van der Waals surface area contributed by atoms with E-state index in [1.54, 1.807) is 28.8 Å². The van der Waals surface area contributed by atoms with Crippen molar-refractivity contribution in [3.05, 3.63) is 70.1 Å². The molecule has 4 rings (SSSR count). The number of fused-ring (bicyclic) bond motifs is 1. The van der Waals surface area contributed by atoms with Gasteiger partial charge in [0, 0.05) is 41.2 Å². The topological polar surface area (TPSA) is 95.2 Å². The van der Waals surface area contributed by atoms with Gasteiger partial charge in [0.05, 0.1) is 23.2 Å². The molecule has 1 aliphatic rings. The van der Waals surface area contributed by atoms with Crippen LogP contribution in [0.25, 0.3) is 10.9 Å². The number of hydrogen-bond donors (Lipinski definition) is 1. The average molecular weight is 499 g/mol. The van der Waals surface area contributed by atoms with E-state index in [9.17, 15) is 28.4 Å². The number of nitrogens with zero attached hydrogens (tertiary/aromatic N) is 3. The first-order chi connectivity index (χ1) is 16.7. The number of carbonyl (C=O) groups is 3. The lowest BCUT2D eigenvalue weighted by Gasteiger charge is -2.24. The van der Waals surface area contributed by atoms with Gasteiger partial charge < -0.3 is 14.8 Å². The van der Waals surface area contributed by atoms with Crippen LogP contribution in [-0.4, -0.2) is 45.8 Å². The summed E-state index contributed by atoms with van der Waals surface area (Å²) in [5.41, 5.74) is 1.46. The maximum Gasteiger partial charge on any atom is 0.243 e. The molecule has 0 saturated carbocycles. The summed E-state index contributed by atoms with van der Waals surface area (Å²) in [6.07, 6.45) is -0.0387. The second-order valence-corrected chi connectivity index (χ2v) is 8.80. The minimum absolute atomic E-state index is 0.0796. The van der Waals surface area contributed by atoms with Gasteiger partial charge in [0.15, 0.2) is 5.78 Å². The molecule has 0 aliphatic carbocycles. The van der Waals surface area contributed by atoms with Crippen molar-refractivity contribution >= 4 is 40.1 Å². The molecule has 1 aromatic heterocycles. The molecule has 2 amide bonds. The van der Waals surface area contributed by atoms with Gasteiger partial charge in [-0.3, -0.25) is 14.4 Å². The number of nitriles is 1. The fourth-order valence-electron chi connectivity index (χ4n) is 4.31. The van der Waals surface area contributed by atoms with Crippen molar-refractivity contribution in [2.24, 2.45) is 0 Å². The van der Waals surface area contributed by atoms with Crippen LogP contribution in [0.4, 0.5) is 8.78 Å². The Bertz CT molecular complexity index is 1380. The maximum atomic E-state index is 14.3. The number of halogens is 3. The van der Waals surface area contributed by atoms with E-state index in [2.05, 4.69) is 5.32 Å². The summed E-state index contributed by atoms with van der Waals surface area (Å²) < 4.78 is 29.9. The summed E-state index contributed by atoms with van der Waals surface area (Å²) in [7, 11) is 0. The number of alkyl halides is 1. The molecule has 7 nitrogen and oxygen atoms in total. The molecule has 2 aromatic carbocycles. The van der Waals surface area contributed by atoms with Crippen molar-refractivity contribution in [3.63, 3.8) is 0 Å². The van der Waals surface area contributed by atoms with Crippen molar-refractivity contribution < 1.29 is 23.2 Å². The Balaban J connectivity index is 1.53. The van der Waals surface area contributed by atoms with Gasteiger partial charge in [-0.25, -0.2) is 8.78 Å². The highest BCUT2D eigenvalue weighted by atomic mass is 35.5. The molecule has 2 heterocycles. The van der Waals surface area contributed by atoms with E-state index >= 15 is 0 Å². The fraction of sp³-hybridized carbons (Fsp3) is 0.280. The van der Waals surface area contributed by atoms with Gasteiger partial charge in [-0.2, -0.15) is 5.26 Å². The summed E-state index contributed by atoms with van der Waals surface area (Å²) in [6.45, 7) is 0.748. The van der Waals surface area contributed by atoms with Crippen LogP contribution >= 0.6 is 11.6 Å². The molecule has 0 spiro atoms. The number of aromatic nitrogens is 1. The van der Waals surface area contributed by atoms with E-state index in [0.29, 0.717) is 22.0 Å². The standard InChI is InChI=1S/C25H21ClF2N4O3/c1-14(33)19-12-31(21-6-5-15(9-29)7-18(19)21)13-23(34)32-11-17(27)8-22(32)25(35)30-10-16-3-2-4-20(26)24(16)28/h2-7,12,17,22H,8,10-11,13H2,1H3,(H,30,35)/t17-,22+/m1/s1. The van der Waals surface area contributed by atoms with E-state index in [4.69, 9.17) is 11.6 Å². The zero-order valence-electron chi connectivity index (χ0n) is 18.7. The zero-order valence-corrected chi connectivity index (χ0v) is 19.5. The fourth-order valence-corrected chi connectivity index (χ4v) is 4.50. The number of Topliss-reactive ketones (excluding diaryl/α,β-unsaturated/α-hetero) is 1. The molecule has 1 fully saturated rings. The smallest absolute Gasteiger partial charge is 0.243 e. The molecule has 1 N–H and O–H groups in total. The molecular formula is C25H21ClF2N4O3. The van der Waals surface area contributed by atoms with Crippen molar-refractivity contribution in [1.82, 2.24) is 14.8 Å². The molecule has 3 aromatic rings. The van der Waals surface area contributed by atoms with Gasteiger partial charge in [-0.05, 0) is 31.2 Å². The molecule has 2 atom stereocenters. The Labute approximate surface area is 204 Å². The highest BCUT2D eigenvalue weighted by Gasteiger charge is 2.39. The van der Waals surface area contributed by atoms with Crippen LogP contribution in [0.5, 0.6) is 0 Å². The number of ketones is 1. The summed E-state index contributed by atoms with van der Waals surface area (Å²) in [5.74, 6) is -1.99. The first-order valence-electron chi connectivity index (χ1n) is 10.9. The lowest BCUT2D eigenvalue weighted by molar-refractivity contribution is -0.139. The SMILES string of the molecule is CC(=O)c1cn(CC(=O)N2C[C@H](F)C[C@H]2C(=O)NCc2cccc(Cl)c2F)c2ccc(C#N)cc12. The largest absolute Gasteiger partial charge is 0.350 e. The van der Waals surface area contributed by atoms with E-state index in [0.717, 1.165) is 4.90 Å². The lowest BCUT2D eigenvalue weighted by atomic mass is 10.1. The van der Waals surface area contributed by atoms with Crippen LogP contribution in [-0.2, 0) is 22.7 Å². The number of nitrogens with one attached hydrogen (secondary N) is 1. The predicted octanol–water partition coefficient (Wildman–Crippen LogP) is 3.76. The number of hydrogen-bond acceptors (Lipinski definition) is 4. The Hall–Kier alpha value is -3.77. The van der Waals surface area contributed by atoms with E-state index in [-0.39, 0.29) is 42.4 Å². The first-order valence-corrected chi connectivity index (χ1v) is 11.3. The monoisotopic (exact) mass is 498 g/mol. The lowest BCUT2D eigenvalue weighted by Crippen LogP contribution is -2.46. The molecule has 180 valence electrons. The molecule has 0 radical (unpaired) electrons. The number of likely N-dealkylation sites (tertiary alicyclic amines) is 1. The van der Waals surface area contributed by atoms with Crippen molar-refractivity contribution in [1.29, 1.82) is 5.26 Å². The zero-order chi connectivity index (χ0) is 25.3. The molecule has 35 heavy (non-hydrogen) atoms. The summed E-state index contributed by atoms with van der Waals surface area (Å²) in [4.78, 5) is 39.2. The number of amides is 2.